The molecule has 112 valence electrons. The molecule has 0 amide bonds. The lowest BCUT2D eigenvalue weighted by atomic mass is 10.1. The number of nitrogens with one attached hydrogen (secondary N) is 1. The molecule has 0 aliphatic heterocycles. The summed E-state index contributed by atoms with van der Waals surface area (Å²) in [5.41, 5.74) is 2.34. The van der Waals surface area contributed by atoms with Gasteiger partial charge in [0.25, 0.3) is 10.0 Å². The Labute approximate surface area is 126 Å². The topological polar surface area (TPSA) is 49.4 Å². The largest absolute Gasteiger partial charge is 0.316 e. The van der Waals surface area contributed by atoms with E-state index >= 15 is 0 Å². The van der Waals surface area contributed by atoms with Gasteiger partial charge in [-0.15, -0.1) is 0 Å². The van der Waals surface area contributed by atoms with Crippen LogP contribution in [0.2, 0.25) is 0 Å². The zero-order valence-electron chi connectivity index (χ0n) is 12.5. The highest BCUT2D eigenvalue weighted by atomic mass is 32.2. The quantitative estimate of drug-likeness (QED) is 0.923. The number of rotatable bonds is 5. The van der Waals surface area contributed by atoms with Crippen molar-refractivity contribution in [1.82, 2.24) is 5.32 Å². The Morgan fingerprint density at radius 1 is 1.10 bits per heavy atom. The molecular formula is C16H20N2O2S. The van der Waals surface area contributed by atoms with Crippen molar-refractivity contribution in [2.24, 2.45) is 0 Å². The molecule has 0 radical (unpaired) electrons. The monoisotopic (exact) mass is 304 g/mol. The first kappa shape index (κ1) is 15.5. The number of para-hydroxylation sites is 1. The fraction of sp³-hybridized carbons (Fsp3) is 0.250. The van der Waals surface area contributed by atoms with E-state index in [1.54, 1.807) is 25.2 Å². The summed E-state index contributed by atoms with van der Waals surface area (Å²) in [4.78, 5) is 0.349. The Kier molecular flexibility index (Phi) is 4.65. The van der Waals surface area contributed by atoms with Crippen LogP contribution in [0.3, 0.4) is 0 Å². The molecule has 0 saturated heterocycles. The van der Waals surface area contributed by atoms with Crippen LogP contribution in [0.25, 0.3) is 0 Å². The average molecular weight is 304 g/mol. The predicted molar refractivity (Wildman–Crippen MR) is 86.0 cm³/mol. The predicted octanol–water partition coefficient (Wildman–Crippen LogP) is 2.54. The van der Waals surface area contributed by atoms with Gasteiger partial charge in [0.05, 0.1) is 10.6 Å². The Morgan fingerprint density at radius 3 is 2.38 bits per heavy atom. The summed E-state index contributed by atoms with van der Waals surface area (Å²) in [5, 5.41) is 3.03. The van der Waals surface area contributed by atoms with E-state index in [2.05, 4.69) is 5.32 Å². The normalized spacial score (nSPS) is 11.4. The molecule has 21 heavy (non-hydrogen) atoms. The zero-order chi connectivity index (χ0) is 15.5. The Morgan fingerprint density at radius 2 is 1.76 bits per heavy atom. The first-order valence-corrected chi connectivity index (χ1v) is 8.19. The van der Waals surface area contributed by atoms with E-state index < -0.39 is 10.0 Å². The summed E-state index contributed by atoms with van der Waals surface area (Å²) in [7, 11) is -0.142. The van der Waals surface area contributed by atoms with Crippen molar-refractivity contribution < 1.29 is 8.42 Å². The third kappa shape index (κ3) is 3.25. The molecule has 2 aromatic rings. The van der Waals surface area contributed by atoms with Gasteiger partial charge in [-0.3, -0.25) is 4.31 Å². The van der Waals surface area contributed by atoms with Crippen LogP contribution in [0, 0.1) is 6.92 Å². The fourth-order valence-electron chi connectivity index (χ4n) is 2.16. The van der Waals surface area contributed by atoms with Gasteiger partial charge < -0.3 is 5.32 Å². The zero-order valence-corrected chi connectivity index (χ0v) is 13.3. The minimum absolute atomic E-state index is 0.349. The van der Waals surface area contributed by atoms with E-state index in [0.29, 0.717) is 17.1 Å². The minimum atomic E-state index is -3.56. The molecule has 2 aromatic carbocycles. The molecule has 5 heteroatoms. The van der Waals surface area contributed by atoms with E-state index in [1.165, 1.54) is 4.31 Å². The van der Waals surface area contributed by atoms with Crippen molar-refractivity contribution in [3.8, 4) is 0 Å². The number of benzene rings is 2. The van der Waals surface area contributed by atoms with Crippen molar-refractivity contribution in [2.75, 3.05) is 18.4 Å². The maximum absolute atomic E-state index is 12.8. The Hall–Kier alpha value is -1.85. The summed E-state index contributed by atoms with van der Waals surface area (Å²) in [5.74, 6) is 0. The van der Waals surface area contributed by atoms with Crippen LogP contribution in [0.15, 0.2) is 53.4 Å². The van der Waals surface area contributed by atoms with Gasteiger partial charge in [0.2, 0.25) is 0 Å². The van der Waals surface area contributed by atoms with E-state index in [4.69, 9.17) is 0 Å². The van der Waals surface area contributed by atoms with Crippen LogP contribution in [-0.2, 0) is 16.6 Å². The molecule has 0 unspecified atom stereocenters. The Bertz CT molecular complexity index is 712. The molecule has 0 aliphatic rings. The molecule has 1 N–H and O–H groups in total. The third-order valence-electron chi connectivity index (χ3n) is 3.39. The standard InChI is InChI=1S/C16H20N2O2S/c1-13-9-10-14(12-17-2)11-16(13)21(19,20)18(3)15-7-5-4-6-8-15/h4-11,17H,12H2,1-3H3. The third-order valence-corrected chi connectivity index (χ3v) is 5.32. The average Bonchev–Trinajstić information content (AvgIpc) is 2.49. The summed E-state index contributed by atoms with van der Waals surface area (Å²) >= 11 is 0. The number of sulfonamides is 1. The first-order valence-electron chi connectivity index (χ1n) is 6.75. The van der Waals surface area contributed by atoms with E-state index in [-0.39, 0.29) is 0 Å². The second kappa shape index (κ2) is 6.28. The van der Waals surface area contributed by atoms with E-state index in [1.807, 2.05) is 44.3 Å². The van der Waals surface area contributed by atoms with Crippen LogP contribution >= 0.6 is 0 Å². The van der Waals surface area contributed by atoms with Gasteiger partial charge in [-0.25, -0.2) is 8.42 Å². The summed E-state index contributed by atoms with van der Waals surface area (Å²) in [6.45, 7) is 2.45. The highest BCUT2D eigenvalue weighted by Gasteiger charge is 2.23. The van der Waals surface area contributed by atoms with E-state index in [0.717, 1.165) is 11.1 Å². The number of hydrogen-bond donors (Lipinski definition) is 1. The second-order valence-electron chi connectivity index (χ2n) is 4.94. The number of hydrogen-bond acceptors (Lipinski definition) is 3. The minimum Gasteiger partial charge on any atom is -0.316 e. The van der Waals surface area contributed by atoms with Crippen LogP contribution in [-0.4, -0.2) is 22.5 Å². The van der Waals surface area contributed by atoms with Crippen molar-refractivity contribution in [2.45, 2.75) is 18.4 Å². The summed E-state index contributed by atoms with van der Waals surface area (Å²) < 4.78 is 26.9. The molecule has 0 aromatic heterocycles. The van der Waals surface area contributed by atoms with E-state index in [9.17, 15) is 8.42 Å². The molecular weight excluding hydrogens is 284 g/mol. The molecule has 0 heterocycles. The lowest BCUT2D eigenvalue weighted by molar-refractivity contribution is 0.593. The maximum atomic E-state index is 12.8. The van der Waals surface area contributed by atoms with Crippen molar-refractivity contribution in [1.29, 1.82) is 0 Å². The van der Waals surface area contributed by atoms with Crippen LogP contribution in [0.1, 0.15) is 11.1 Å². The Balaban J connectivity index is 2.46. The lowest BCUT2D eigenvalue weighted by Crippen LogP contribution is -2.27. The number of aryl methyl sites for hydroxylation is 1. The maximum Gasteiger partial charge on any atom is 0.264 e. The van der Waals surface area contributed by atoms with Gasteiger partial charge in [0.15, 0.2) is 0 Å². The van der Waals surface area contributed by atoms with Gasteiger partial charge in [-0.1, -0.05) is 30.3 Å². The molecule has 0 bridgehead atoms. The molecule has 0 saturated carbocycles. The second-order valence-corrected chi connectivity index (χ2v) is 6.88. The number of nitrogens with zero attached hydrogens (tertiary/aromatic N) is 1. The van der Waals surface area contributed by atoms with Crippen LogP contribution < -0.4 is 9.62 Å². The SMILES string of the molecule is CNCc1ccc(C)c(S(=O)(=O)N(C)c2ccccc2)c1. The van der Waals surface area contributed by atoms with Gasteiger partial charge in [0, 0.05) is 13.6 Å². The highest BCUT2D eigenvalue weighted by molar-refractivity contribution is 7.92. The molecule has 2 rings (SSSR count). The van der Waals surface area contributed by atoms with Gasteiger partial charge in [0.1, 0.15) is 0 Å². The molecule has 0 spiro atoms. The van der Waals surface area contributed by atoms with Crippen molar-refractivity contribution in [3.05, 3.63) is 59.7 Å². The van der Waals surface area contributed by atoms with Gasteiger partial charge >= 0.3 is 0 Å². The first-order chi connectivity index (χ1) is 9.96. The molecule has 4 nitrogen and oxygen atoms in total. The van der Waals surface area contributed by atoms with Gasteiger partial charge in [-0.05, 0) is 43.3 Å². The lowest BCUT2D eigenvalue weighted by Gasteiger charge is -2.21. The van der Waals surface area contributed by atoms with Crippen LogP contribution in [0.5, 0.6) is 0 Å². The van der Waals surface area contributed by atoms with Crippen molar-refractivity contribution >= 4 is 15.7 Å². The number of anilines is 1. The van der Waals surface area contributed by atoms with Crippen molar-refractivity contribution in [3.63, 3.8) is 0 Å². The molecule has 0 aliphatic carbocycles. The molecule has 0 atom stereocenters. The highest BCUT2D eigenvalue weighted by Crippen LogP contribution is 2.25. The fourth-order valence-corrected chi connectivity index (χ4v) is 3.63. The van der Waals surface area contributed by atoms with Crippen LogP contribution in [0.4, 0.5) is 5.69 Å². The van der Waals surface area contributed by atoms with Gasteiger partial charge in [-0.2, -0.15) is 0 Å². The summed E-state index contributed by atoms with van der Waals surface area (Å²) in [6.07, 6.45) is 0. The molecule has 0 fully saturated rings. The smallest absolute Gasteiger partial charge is 0.264 e. The summed E-state index contributed by atoms with van der Waals surface area (Å²) in [6, 6.07) is 14.6.